The summed E-state index contributed by atoms with van der Waals surface area (Å²) in [6.07, 6.45) is 1.64. The van der Waals surface area contributed by atoms with E-state index < -0.39 is 0 Å². The van der Waals surface area contributed by atoms with Gasteiger partial charge < -0.3 is 10.2 Å². The van der Waals surface area contributed by atoms with E-state index in [1.807, 2.05) is 6.92 Å². The van der Waals surface area contributed by atoms with Crippen LogP contribution < -0.4 is 5.32 Å². The number of carbonyl (C=O) groups is 1. The van der Waals surface area contributed by atoms with Crippen LogP contribution in [0.25, 0.3) is 10.4 Å². The van der Waals surface area contributed by atoms with Crippen LogP contribution in [0.3, 0.4) is 0 Å². The van der Waals surface area contributed by atoms with Crippen molar-refractivity contribution in [2.24, 2.45) is 5.11 Å². The Kier molecular flexibility index (Phi) is 7.36. The molecule has 0 bridgehead atoms. The fourth-order valence-electron chi connectivity index (χ4n) is 0.826. The first-order valence-corrected chi connectivity index (χ1v) is 4.72. The van der Waals surface area contributed by atoms with Gasteiger partial charge in [-0.2, -0.15) is 0 Å². The van der Waals surface area contributed by atoms with Gasteiger partial charge in [-0.1, -0.05) is 5.11 Å². The maximum Gasteiger partial charge on any atom is 0.317 e. The smallest absolute Gasteiger partial charge is 0.317 e. The molecule has 0 aromatic rings. The van der Waals surface area contributed by atoms with Gasteiger partial charge in [0.15, 0.2) is 0 Å². The average Bonchev–Trinajstić information content (AvgIpc) is 2.21. The molecule has 80 valence electrons. The highest BCUT2D eigenvalue weighted by Gasteiger charge is 2.03. The topological polar surface area (TPSA) is 81.1 Å². The zero-order chi connectivity index (χ0) is 10.8. The van der Waals surface area contributed by atoms with Gasteiger partial charge in [0.25, 0.3) is 0 Å². The Morgan fingerprint density at radius 2 is 2.29 bits per heavy atom. The number of unbranched alkanes of at least 4 members (excludes halogenated alkanes) is 1. The van der Waals surface area contributed by atoms with E-state index in [0.717, 1.165) is 12.8 Å². The summed E-state index contributed by atoms with van der Waals surface area (Å²) in [6, 6.07) is -0.0590. The zero-order valence-corrected chi connectivity index (χ0v) is 8.73. The van der Waals surface area contributed by atoms with Gasteiger partial charge in [-0.15, -0.1) is 0 Å². The van der Waals surface area contributed by atoms with Gasteiger partial charge in [0.1, 0.15) is 0 Å². The average molecular weight is 199 g/mol. The number of hydrogen-bond donors (Lipinski definition) is 1. The summed E-state index contributed by atoms with van der Waals surface area (Å²) in [5, 5.41) is 6.16. The van der Waals surface area contributed by atoms with Crippen molar-refractivity contribution < 1.29 is 4.79 Å². The summed E-state index contributed by atoms with van der Waals surface area (Å²) in [5.74, 6) is 0. The van der Waals surface area contributed by atoms with Crippen LogP contribution in [0, 0.1) is 0 Å². The highest BCUT2D eigenvalue weighted by molar-refractivity contribution is 5.73. The normalized spacial score (nSPS) is 9.00. The molecule has 0 radical (unpaired) electrons. The number of rotatable bonds is 6. The molecule has 6 nitrogen and oxygen atoms in total. The van der Waals surface area contributed by atoms with Gasteiger partial charge in [-0.3, -0.25) is 0 Å². The van der Waals surface area contributed by atoms with Crippen molar-refractivity contribution in [1.82, 2.24) is 10.2 Å². The van der Waals surface area contributed by atoms with Crippen LogP contribution >= 0.6 is 0 Å². The van der Waals surface area contributed by atoms with E-state index >= 15 is 0 Å². The number of nitrogens with one attached hydrogen (secondary N) is 1. The van der Waals surface area contributed by atoms with Crippen molar-refractivity contribution in [3.63, 3.8) is 0 Å². The molecule has 0 unspecified atom stereocenters. The number of hydrogen-bond acceptors (Lipinski definition) is 2. The predicted molar refractivity (Wildman–Crippen MR) is 54.9 cm³/mol. The molecule has 2 amide bonds. The Morgan fingerprint density at radius 1 is 1.57 bits per heavy atom. The third kappa shape index (κ3) is 6.14. The third-order valence-electron chi connectivity index (χ3n) is 1.85. The minimum absolute atomic E-state index is 0.0590. The highest BCUT2D eigenvalue weighted by atomic mass is 16.2. The molecule has 0 aromatic carbocycles. The van der Waals surface area contributed by atoms with Gasteiger partial charge in [-0.05, 0) is 25.3 Å². The van der Waals surface area contributed by atoms with Gasteiger partial charge in [0, 0.05) is 31.6 Å². The molecule has 0 spiro atoms. The quantitative estimate of drug-likeness (QED) is 0.300. The van der Waals surface area contributed by atoms with Gasteiger partial charge in [0.2, 0.25) is 0 Å². The molecule has 1 N–H and O–H groups in total. The van der Waals surface area contributed by atoms with Crippen molar-refractivity contribution in [3.05, 3.63) is 10.4 Å². The maximum atomic E-state index is 11.2. The van der Waals surface area contributed by atoms with Crippen LogP contribution in [0.1, 0.15) is 19.8 Å². The van der Waals surface area contributed by atoms with Gasteiger partial charge >= 0.3 is 6.03 Å². The van der Waals surface area contributed by atoms with Crippen molar-refractivity contribution in [2.75, 3.05) is 26.7 Å². The van der Waals surface area contributed by atoms with Crippen molar-refractivity contribution >= 4 is 6.03 Å². The van der Waals surface area contributed by atoms with E-state index in [2.05, 4.69) is 15.3 Å². The number of carbonyl (C=O) groups excluding carboxylic acids is 1. The molecule has 0 aliphatic rings. The molecule has 0 saturated carbocycles. The SMILES string of the molecule is CCN(C)C(=O)NCCCCN=[N+]=[N-]. The van der Waals surface area contributed by atoms with E-state index in [9.17, 15) is 4.79 Å². The minimum atomic E-state index is -0.0590. The molecular weight excluding hydrogens is 182 g/mol. The van der Waals surface area contributed by atoms with E-state index in [0.29, 0.717) is 19.6 Å². The van der Waals surface area contributed by atoms with Crippen molar-refractivity contribution in [1.29, 1.82) is 0 Å². The fourth-order valence-corrected chi connectivity index (χ4v) is 0.826. The number of nitrogens with zero attached hydrogens (tertiary/aromatic N) is 4. The Balaban J connectivity index is 3.35. The molecule has 6 heteroatoms. The standard InChI is InChI=1S/C8H17N5O/c1-3-13(2)8(14)10-6-4-5-7-11-12-9/h3-7H2,1-2H3,(H,10,14). The van der Waals surface area contributed by atoms with Crippen LogP contribution in [0.5, 0.6) is 0 Å². The molecule has 0 rings (SSSR count). The highest BCUT2D eigenvalue weighted by Crippen LogP contribution is 1.89. The van der Waals surface area contributed by atoms with E-state index in [4.69, 9.17) is 5.53 Å². The molecule has 0 saturated heterocycles. The first kappa shape index (κ1) is 12.6. The van der Waals surface area contributed by atoms with Crippen LogP contribution in [-0.4, -0.2) is 37.6 Å². The molecular formula is C8H17N5O. The summed E-state index contributed by atoms with van der Waals surface area (Å²) in [7, 11) is 1.75. The van der Waals surface area contributed by atoms with Crippen LogP contribution in [0.2, 0.25) is 0 Å². The first-order chi connectivity index (χ1) is 6.72. The second-order valence-corrected chi connectivity index (χ2v) is 2.91. The van der Waals surface area contributed by atoms with Crippen LogP contribution in [-0.2, 0) is 0 Å². The lowest BCUT2D eigenvalue weighted by molar-refractivity contribution is 0.211. The van der Waals surface area contributed by atoms with Crippen molar-refractivity contribution in [2.45, 2.75) is 19.8 Å². The van der Waals surface area contributed by atoms with E-state index in [1.165, 1.54) is 0 Å². The first-order valence-electron chi connectivity index (χ1n) is 4.72. The minimum Gasteiger partial charge on any atom is -0.338 e. The number of urea groups is 1. The second-order valence-electron chi connectivity index (χ2n) is 2.91. The fraction of sp³-hybridized carbons (Fsp3) is 0.875. The zero-order valence-electron chi connectivity index (χ0n) is 8.73. The second kappa shape index (κ2) is 8.19. The Hall–Kier alpha value is -1.42. The number of azide groups is 1. The molecule has 0 aromatic heterocycles. The molecule has 0 aliphatic carbocycles. The molecule has 14 heavy (non-hydrogen) atoms. The third-order valence-corrected chi connectivity index (χ3v) is 1.85. The summed E-state index contributed by atoms with van der Waals surface area (Å²) >= 11 is 0. The van der Waals surface area contributed by atoms with Crippen LogP contribution in [0.4, 0.5) is 4.79 Å². The Labute approximate surface area is 83.9 Å². The Morgan fingerprint density at radius 3 is 2.86 bits per heavy atom. The predicted octanol–water partition coefficient (Wildman–Crippen LogP) is 1.74. The largest absolute Gasteiger partial charge is 0.338 e. The summed E-state index contributed by atoms with van der Waals surface area (Å²) in [4.78, 5) is 15.4. The molecule has 0 heterocycles. The maximum absolute atomic E-state index is 11.2. The lowest BCUT2D eigenvalue weighted by atomic mass is 10.3. The molecule has 0 aliphatic heterocycles. The van der Waals surface area contributed by atoms with Crippen molar-refractivity contribution in [3.8, 4) is 0 Å². The monoisotopic (exact) mass is 199 g/mol. The summed E-state index contributed by atoms with van der Waals surface area (Å²) in [6.45, 7) is 3.74. The summed E-state index contributed by atoms with van der Waals surface area (Å²) in [5.41, 5.74) is 8.00. The lowest BCUT2D eigenvalue weighted by Crippen LogP contribution is -2.37. The van der Waals surface area contributed by atoms with E-state index in [1.54, 1.807) is 11.9 Å². The summed E-state index contributed by atoms with van der Waals surface area (Å²) < 4.78 is 0. The molecule has 0 fully saturated rings. The Bertz CT molecular complexity index is 212. The van der Waals surface area contributed by atoms with Crippen LogP contribution in [0.15, 0.2) is 5.11 Å². The lowest BCUT2D eigenvalue weighted by Gasteiger charge is -2.15. The van der Waals surface area contributed by atoms with Gasteiger partial charge in [0.05, 0.1) is 0 Å². The van der Waals surface area contributed by atoms with E-state index in [-0.39, 0.29) is 6.03 Å². The molecule has 0 atom stereocenters. The number of amides is 2. The van der Waals surface area contributed by atoms with Gasteiger partial charge in [-0.25, -0.2) is 4.79 Å².